The SMILES string of the molecule is Cc1ccc([C@H](CNC(=O)CCNC(=O)C2CCCC2)N(C)C)cc1. The Kier molecular flexibility index (Phi) is 7.44. The molecule has 5 heteroatoms. The van der Waals surface area contributed by atoms with Crippen LogP contribution >= 0.6 is 0 Å². The lowest BCUT2D eigenvalue weighted by molar-refractivity contribution is -0.125. The Morgan fingerprint density at radius 1 is 1.12 bits per heavy atom. The topological polar surface area (TPSA) is 61.4 Å². The highest BCUT2D eigenvalue weighted by Crippen LogP contribution is 2.24. The Morgan fingerprint density at radius 3 is 2.36 bits per heavy atom. The first kappa shape index (κ1) is 19.4. The molecule has 0 aliphatic heterocycles. The Bertz CT molecular complexity index is 563. The number of nitrogens with one attached hydrogen (secondary N) is 2. The molecular formula is C20H31N3O2. The molecule has 1 atom stereocenters. The molecule has 0 bridgehead atoms. The quantitative estimate of drug-likeness (QED) is 0.761. The number of carbonyl (C=O) groups is 2. The van der Waals surface area contributed by atoms with Crippen LogP contribution in [0.3, 0.4) is 0 Å². The lowest BCUT2D eigenvalue weighted by Gasteiger charge is -2.25. The highest BCUT2D eigenvalue weighted by atomic mass is 16.2. The van der Waals surface area contributed by atoms with E-state index < -0.39 is 0 Å². The predicted molar refractivity (Wildman–Crippen MR) is 100 cm³/mol. The van der Waals surface area contributed by atoms with Crippen molar-refractivity contribution in [3.63, 3.8) is 0 Å². The Balaban J connectivity index is 1.73. The summed E-state index contributed by atoms with van der Waals surface area (Å²) in [7, 11) is 4.02. The number of aryl methyl sites for hydroxylation is 1. The van der Waals surface area contributed by atoms with Crippen LogP contribution in [0.1, 0.15) is 49.3 Å². The summed E-state index contributed by atoms with van der Waals surface area (Å²) in [5, 5.41) is 5.88. The van der Waals surface area contributed by atoms with E-state index >= 15 is 0 Å². The van der Waals surface area contributed by atoms with Crippen LogP contribution in [0.4, 0.5) is 0 Å². The summed E-state index contributed by atoms with van der Waals surface area (Å²) in [5.74, 6) is 0.240. The van der Waals surface area contributed by atoms with Gasteiger partial charge in [-0.05, 0) is 39.4 Å². The zero-order valence-electron chi connectivity index (χ0n) is 15.7. The molecule has 0 saturated heterocycles. The van der Waals surface area contributed by atoms with Gasteiger partial charge in [0.15, 0.2) is 0 Å². The molecule has 138 valence electrons. The molecule has 1 aromatic rings. The molecule has 2 amide bonds. The molecule has 0 spiro atoms. The average molecular weight is 345 g/mol. The number of nitrogens with zero attached hydrogens (tertiary/aromatic N) is 1. The molecule has 5 nitrogen and oxygen atoms in total. The first-order chi connectivity index (χ1) is 12.0. The Labute approximate surface area is 151 Å². The van der Waals surface area contributed by atoms with E-state index in [1.807, 2.05) is 14.1 Å². The van der Waals surface area contributed by atoms with Gasteiger partial charge in [-0.2, -0.15) is 0 Å². The summed E-state index contributed by atoms with van der Waals surface area (Å²) >= 11 is 0. The second-order valence-corrected chi connectivity index (χ2v) is 7.22. The third kappa shape index (κ3) is 6.16. The van der Waals surface area contributed by atoms with E-state index in [-0.39, 0.29) is 23.8 Å². The summed E-state index contributed by atoms with van der Waals surface area (Å²) in [6.45, 7) is 3.04. The fourth-order valence-electron chi connectivity index (χ4n) is 3.32. The zero-order chi connectivity index (χ0) is 18.2. The first-order valence-corrected chi connectivity index (χ1v) is 9.24. The number of benzene rings is 1. The van der Waals surface area contributed by atoms with Gasteiger partial charge in [0.05, 0.1) is 6.04 Å². The van der Waals surface area contributed by atoms with Crippen molar-refractivity contribution in [1.82, 2.24) is 15.5 Å². The standard InChI is InChI=1S/C20H31N3O2/c1-15-8-10-16(11-9-15)18(23(2)3)14-22-19(24)12-13-21-20(25)17-6-4-5-7-17/h8-11,17-18H,4-7,12-14H2,1-3H3,(H,21,25)(H,22,24)/t18-/m0/s1. The molecule has 25 heavy (non-hydrogen) atoms. The molecule has 2 N–H and O–H groups in total. The van der Waals surface area contributed by atoms with Gasteiger partial charge in [0.25, 0.3) is 0 Å². The van der Waals surface area contributed by atoms with Crippen molar-refractivity contribution in [1.29, 1.82) is 0 Å². The van der Waals surface area contributed by atoms with Gasteiger partial charge in [0.1, 0.15) is 0 Å². The molecule has 0 aromatic heterocycles. The predicted octanol–water partition coefficient (Wildman–Crippen LogP) is 2.41. The fourth-order valence-corrected chi connectivity index (χ4v) is 3.32. The summed E-state index contributed by atoms with van der Waals surface area (Å²) in [4.78, 5) is 26.1. The maximum absolute atomic E-state index is 12.1. The highest BCUT2D eigenvalue weighted by molar-refractivity contribution is 5.80. The van der Waals surface area contributed by atoms with Crippen LogP contribution in [-0.2, 0) is 9.59 Å². The second kappa shape index (κ2) is 9.56. The number of amides is 2. The maximum Gasteiger partial charge on any atom is 0.223 e. The summed E-state index contributed by atoms with van der Waals surface area (Å²) in [6.07, 6.45) is 4.58. The van der Waals surface area contributed by atoms with E-state index in [1.165, 1.54) is 11.1 Å². The number of hydrogen-bond donors (Lipinski definition) is 2. The molecule has 1 aliphatic carbocycles. The molecule has 0 unspecified atom stereocenters. The van der Waals surface area contributed by atoms with E-state index in [9.17, 15) is 9.59 Å². The van der Waals surface area contributed by atoms with Crippen LogP contribution in [-0.4, -0.2) is 43.9 Å². The van der Waals surface area contributed by atoms with Crippen LogP contribution in [0.5, 0.6) is 0 Å². The number of carbonyl (C=O) groups excluding carboxylic acids is 2. The monoisotopic (exact) mass is 345 g/mol. The van der Waals surface area contributed by atoms with Gasteiger partial charge in [-0.1, -0.05) is 42.7 Å². The van der Waals surface area contributed by atoms with Crippen LogP contribution in [0.15, 0.2) is 24.3 Å². The number of likely N-dealkylation sites (N-methyl/N-ethyl adjacent to an activating group) is 1. The molecular weight excluding hydrogens is 314 g/mol. The largest absolute Gasteiger partial charge is 0.355 e. The molecule has 1 aromatic carbocycles. The second-order valence-electron chi connectivity index (χ2n) is 7.22. The van der Waals surface area contributed by atoms with Crippen molar-refractivity contribution >= 4 is 11.8 Å². The first-order valence-electron chi connectivity index (χ1n) is 9.24. The van der Waals surface area contributed by atoms with Crippen molar-refractivity contribution in [2.75, 3.05) is 27.2 Å². The molecule has 0 radical (unpaired) electrons. The van der Waals surface area contributed by atoms with Gasteiger partial charge in [-0.3, -0.25) is 9.59 Å². The van der Waals surface area contributed by atoms with Crippen molar-refractivity contribution in [2.45, 2.75) is 45.1 Å². The van der Waals surface area contributed by atoms with Crippen molar-refractivity contribution in [3.05, 3.63) is 35.4 Å². The summed E-state index contributed by atoms with van der Waals surface area (Å²) < 4.78 is 0. The van der Waals surface area contributed by atoms with E-state index in [2.05, 4.69) is 46.7 Å². The van der Waals surface area contributed by atoms with Crippen molar-refractivity contribution < 1.29 is 9.59 Å². The Morgan fingerprint density at radius 2 is 1.76 bits per heavy atom. The van der Waals surface area contributed by atoms with Crippen LogP contribution < -0.4 is 10.6 Å². The van der Waals surface area contributed by atoms with E-state index in [0.717, 1.165) is 25.7 Å². The zero-order valence-corrected chi connectivity index (χ0v) is 15.7. The van der Waals surface area contributed by atoms with Crippen molar-refractivity contribution in [2.24, 2.45) is 5.92 Å². The minimum Gasteiger partial charge on any atom is -0.355 e. The lowest BCUT2D eigenvalue weighted by Crippen LogP contribution is -2.37. The molecule has 1 fully saturated rings. The molecule has 2 rings (SSSR count). The van der Waals surface area contributed by atoms with Gasteiger partial charge in [0.2, 0.25) is 11.8 Å². The highest BCUT2D eigenvalue weighted by Gasteiger charge is 2.22. The fraction of sp³-hybridized carbons (Fsp3) is 0.600. The maximum atomic E-state index is 12.1. The lowest BCUT2D eigenvalue weighted by atomic mass is 10.0. The van der Waals surface area contributed by atoms with E-state index in [1.54, 1.807) is 0 Å². The average Bonchev–Trinajstić information content (AvgIpc) is 3.11. The van der Waals surface area contributed by atoms with Gasteiger partial charge in [-0.25, -0.2) is 0 Å². The van der Waals surface area contributed by atoms with Gasteiger partial charge in [-0.15, -0.1) is 0 Å². The van der Waals surface area contributed by atoms with Crippen LogP contribution in [0, 0.1) is 12.8 Å². The number of hydrogen-bond acceptors (Lipinski definition) is 3. The van der Waals surface area contributed by atoms with Crippen LogP contribution in [0.2, 0.25) is 0 Å². The molecule has 1 aliphatic rings. The summed E-state index contributed by atoms with van der Waals surface area (Å²) in [6, 6.07) is 8.53. The minimum absolute atomic E-state index is 0.0225. The van der Waals surface area contributed by atoms with E-state index in [4.69, 9.17) is 0 Å². The third-order valence-electron chi connectivity index (χ3n) is 4.96. The normalized spacial score (nSPS) is 16.0. The minimum atomic E-state index is -0.0225. The smallest absolute Gasteiger partial charge is 0.223 e. The van der Waals surface area contributed by atoms with Crippen molar-refractivity contribution in [3.8, 4) is 0 Å². The Hall–Kier alpha value is -1.88. The number of rotatable bonds is 8. The molecule has 1 saturated carbocycles. The van der Waals surface area contributed by atoms with Gasteiger partial charge in [0, 0.05) is 25.4 Å². The van der Waals surface area contributed by atoms with Gasteiger partial charge < -0.3 is 15.5 Å². The summed E-state index contributed by atoms with van der Waals surface area (Å²) in [5.41, 5.74) is 2.41. The third-order valence-corrected chi connectivity index (χ3v) is 4.96. The molecule has 0 heterocycles. The van der Waals surface area contributed by atoms with Gasteiger partial charge >= 0.3 is 0 Å². The van der Waals surface area contributed by atoms with Crippen LogP contribution in [0.25, 0.3) is 0 Å². The van der Waals surface area contributed by atoms with E-state index in [0.29, 0.717) is 19.5 Å².